The van der Waals surface area contributed by atoms with Gasteiger partial charge in [0.25, 0.3) is 0 Å². The van der Waals surface area contributed by atoms with Crippen molar-refractivity contribution in [3.05, 3.63) is 0 Å². The topological polar surface area (TPSA) is 23.8 Å². The Hall–Kier alpha value is -0.0300. The van der Waals surface area contributed by atoms with Gasteiger partial charge < -0.3 is 0 Å². The van der Waals surface area contributed by atoms with E-state index < -0.39 is 0 Å². The Labute approximate surface area is 71.6 Å². The third-order valence-electron chi connectivity index (χ3n) is 1.69. The first-order valence-electron chi connectivity index (χ1n) is 3.78. The highest BCUT2D eigenvalue weighted by molar-refractivity contribution is 9.10. The largest absolute Gasteiger partial charge is 0.197 e. The van der Waals surface area contributed by atoms with E-state index >= 15 is 0 Å². The highest BCUT2D eigenvalue weighted by atomic mass is 79.9. The average molecular weight is 204 g/mol. The molecule has 0 saturated carbocycles. The van der Waals surface area contributed by atoms with E-state index in [0.29, 0.717) is 0 Å². The van der Waals surface area contributed by atoms with Crippen LogP contribution in [0.25, 0.3) is 0 Å². The van der Waals surface area contributed by atoms with Crippen molar-refractivity contribution >= 4 is 15.9 Å². The highest BCUT2D eigenvalue weighted by Gasteiger charge is 2.22. The lowest BCUT2D eigenvalue weighted by Crippen LogP contribution is -2.15. The third-order valence-corrected chi connectivity index (χ3v) is 2.82. The highest BCUT2D eigenvalue weighted by Crippen LogP contribution is 2.27. The normalized spacial score (nSPS) is 15.8. The van der Waals surface area contributed by atoms with Gasteiger partial charge in [-0.05, 0) is 12.8 Å². The van der Waals surface area contributed by atoms with E-state index in [2.05, 4.69) is 28.9 Å². The van der Waals surface area contributed by atoms with Crippen LogP contribution in [0.5, 0.6) is 0 Å². The summed E-state index contributed by atoms with van der Waals surface area (Å²) in [5.74, 6) is 0. The van der Waals surface area contributed by atoms with Crippen LogP contribution >= 0.6 is 15.9 Å². The Kier molecular flexibility index (Phi) is 4.72. The van der Waals surface area contributed by atoms with Gasteiger partial charge in [0.15, 0.2) is 0 Å². The summed E-state index contributed by atoms with van der Waals surface area (Å²) < 4.78 is -0.247. The summed E-state index contributed by atoms with van der Waals surface area (Å²) >= 11 is 3.42. The maximum Gasteiger partial charge on any atom is 0.112 e. The molecule has 0 spiro atoms. The molecule has 0 N–H and O–H groups in total. The molecule has 0 radical (unpaired) electrons. The van der Waals surface area contributed by atoms with Crippen LogP contribution in [0.3, 0.4) is 0 Å². The van der Waals surface area contributed by atoms with E-state index in [1.807, 2.05) is 6.92 Å². The van der Waals surface area contributed by atoms with Crippen molar-refractivity contribution in [1.82, 2.24) is 0 Å². The van der Waals surface area contributed by atoms with Gasteiger partial charge in [-0.2, -0.15) is 5.26 Å². The molecule has 0 rings (SSSR count). The number of nitriles is 1. The Morgan fingerprint density at radius 1 is 1.50 bits per heavy atom. The molecular formula is C8H14BrN. The predicted molar refractivity (Wildman–Crippen MR) is 47.1 cm³/mol. The maximum atomic E-state index is 8.72. The average Bonchev–Trinajstić information content (AvgIpc) is 2.00. The molecule has 0 bridgehead atoms. The van der Waals surface area contributed by atoms with Crippen molar-refractivity contribution in [1.29, 1.82) is 5.26 Å². The van der Waals surface area contributed by atoms with E-state index in [0.717, 1.165) is 25.7 Å². The van der Waals surface area contributed by atoms with Crippen LogP contribution in [0.4, 0.5) is 0 Å². The number of hydrogen-bond donors (Lipinski definition) is 0. The Balaban J connectivity index is 3.72. The van der Waals surface area contributed by atoms with Crippen molar-refractivity contribution in [2.45, 2.75) is 43.9 Å². The molecule has 0 aromatic carbocycles. The van der Waals surface area contributed by atoms with Gasteiger partial charge in [0.05, 0.1) is 6.07 Å². The molecule has 0 aromatic rings. The Bertz CT molecular complexity index is 128. The van der Waals surface area contributed by atoms with Gasteiger partial charge >= 0.3 is 0 Å². The number of hydrogen-bond acceptors (Lipinski definition) is 1. The molecule has 58 valence electrons. The lowest BCUT2D eigenvalue weighted by molar-refractivity contribution is 0.601. The van der Waals surface area contributed by atoms with Crippen LogP contribution in [-0.2, 0) is 0 Å². The molecule has 1 atom stereocenters. The van der Waals surface area contributed by atoms with E-state index in [1.54, 1.807) is 0 Å². The third kappa shape index (κ3) is 3.22. The van der Waals surface area contributed by atoms with Gasteiger partial charge in [-0.1, -0.05) is 42.6 Å². The van der Waals surface area contributed by atoms with Crippen LogP contribution in [0.1, 0.15) is 39.5 Å². The summed E-state index contributed by atoms with van der Waals surface area (Å²) in [5.41, 5.74) is 0. The molecular weight excluding hydrogens is 190 g/mol. The summed E-state index contributed by atoms with van der Waals surface area (Å²) in [4.78, 5) is 0. The molecule has 0 saturated heterocycles. The van der Waals surface area contributed by atoms with E-state index in [9.17, 15) is 0 Å². The minimum Gasteiger partial charge on any atom is -0.197 e. The van der Waals surface area contributed by atoms with Crippen molar-refractivity contribution < 1.29 is 0 Å². The number of unbranched alkanes of at least 4 members (excludes halogenated alkanes) is 1. The zero-order chi connectivity index (χ0) is 8.04. The molecule has 0 aliphatic rings. The quantitative estimate of drug-likeness (QED) is 0.645. The lowest BCUT2D eigenvalue weighted by atomic mass is 10.0. The SMILES string of the molecule is CCCCC(Br)(C#N)CC. The summed E-state index contributed by atoms with van der Waals surface area (Å²) in [6, 6.07) is 2.28. The van der Waals surface area contributed by atoms with Gasteiger partial charge in [-0.3, -0.25) is 0 Å². The van der Waals surface area contributed by atoms with Gasteiger partial charge in [0.2, 0.25) is 0 Å². The van der Waals surface area contributed by atoms with Crippen LogP contribution < -0.4 is 0 Å². The van der Waals surface area contributed by atoms with Gasteiger partial charge in [-0.25, -0.2) is 0 Å². The summed E-state index contributed by atoms with van der Waals surface area (Å²) in [7, 11) is 0. The first-order chi connectivity index (χ1) is 4.68. The van der Waals surface area contributed by atoms with E-state index in [-0.39, 0.29) is 4.32 Å². The zero-order valence-electron chi connectivity index (χ0n) is 6.65. The van der Waals surface area contributed by atoms with Crippen LogP contribution in [0, 0.1) is 11.3 Å². The van der Waals surface area contributed by atoms with Crippen molar-refractivity contribution in [3.63, 3.8) is 0 Å². The molecule has 1 unspecified atom stereocenters. The fourth-order valence-electron chi connectivity index (χ4n) is 0.769. The van der Waals surface area contributed by atoms with Crippen LogP contribution in [0.2, 0.25) is 0 Å². The fraction of sp³-hybridized carbons (Fsp3) is 0.875. The maximum absolute atomic E-state index is 8.72. The minimum absolute atomic E-state index is 0.247. The predicted octanol–water partition coefficient (Wildman–Crippen LogP) is 3.24. The summed E-state index contributed by atoms with van der Waals surface area (Å²) in [6.07, 6.45) is 4.15. The first kappa shape index (κ1) is 9.97. The molecule has 0 aliphatic carbocycles. The molecule has 0 aromatic heterocycles. The monoisotopic (exact) mass is 203 g/mol. The second kappa shape index (κ2) is 4.73. The summed E-state index contributed by atoms with van der Waals surface area (Å²) in [6.45, 7) is 4.17. The molecule has 0 amide bonds. The Morgan fingerprint density at radius 2 is 2.10 bits per heavy atom. The fourth-order valence-corrected chi connectivity index (χ4v) is 1.05. The van der Waals surface area contributed by atoms with Crippen molar-refractivity contribution in [2.75, 3.05) is 0 Å². The molecule has 10 heavy (non-hydrogen) atoms. The van der Waals surface area contributed by atoms with Gasteiger partial charge in [-0.15, -0.1) is 0 Å². The van der Waals surface area contributed by atoms with Crippen molar-refractivity contribution in [2.24, 2.45) is 0 Å². The Morgan fingerprint density at radius 3 is 2.40 bits per heavy atom. The molecule has 0 heterocycles. The number of halogens is 1. The number of alkyl halides is 1. The van der Waals surface area contributed by atoms with Crippen LogP contribution in [-0.4, -0.2) is 4.32 Å². The standard InChI is InChI=1S/C8H14BrN/c1-3-5-6-8(9,4-2)7-10/h3-6H2,1-2H3. The molecule has 2 heteroatoms. The molecule has 1 nitrogen and oxygen atoms in total. The van der Waals surface area contributed by atoms with Crippen molar-refractivity contribution in [3.8, 4) is 6.07 Å². The van der Waals surface area contributed by atoms with Gasteiger partial charge in [0, 0.05) is 0 Å². The smallest absolute Gasteiger partial charge is 0.112 e. The molecule has 0 aliphatic heterocycles. The lowest BCUT2D eigenvalue weighted by Gasteiger charge is -2.15. The second-order valence-electron chi connectivity index (χ2n) is 2.53. The first-order valence-corrected chi connectivity index (χ1v) is 4.58. The summed E-state index contributed by atoms with van der Waals surface area (Å²) in [5, 5.41) is 8.72. The van der Waals surface area contributed by atoms with E-state index in [1.165, 1.54) is 0 Å². The minimum atomic E-state index is -0.247. The molecule has 0 fully saturated rings. The number of nitrogens with zero attached hydrogens (tertiary/aromatic N) is 1. The van der Waals surface area contributed by atoms with E-state index in [4.69, 9.17) is 5.26 Å². The second-order valence-corrected chi connectivity index (χ2v) is 4.05. The van der Waals surface area contributed by atoms with Crippen LogP contribution in [0.15, 0.2) is 0 Å². The van der Waals surface area contributed by atoms with Gasteiger partial charge in [0.1, 0.15) is 4.32 Å². The number of rotatable bonds is 4. The zero-order valence-corrected chi connectivity index (χ0v) is 8.24.